The summed E-state index contributed by atoms with van der Waals surface area (Å²) in [5.74, 6) is -0.657. The van der Waals surface area contributed by atoms with Gasteiger partial charge in [-0.15, -0.1) is 11.3 Å². The molecule has 2 aliphatic heterocycles. The lowest BCUT2D eigenvalue weighted by molar-refractivity contribution is -0.140. The molecule has 0 aromatic carbocycles. The number of hydrogen-bond donors (Lipinski definition) is 1. The van der Waals surface area contributed by atoms with Gasteiger partial charge in [0.1, 0.15) is 0 Å². The molecule has 1 aliphatic carbocycles. The van der Waals surface area contributed by atoms with Gasteiger partial charge in [0.25, 0.3) is 0 Å². The molecule has 3 heterocycles. The van der Waals surface area contributed by atoms with Crippen molar-refractivity contribution in [1.29, 1.82) is 0 Å². The molecule has 27 heavy (non-hydrogen) atoms. The Morgan fingerprint density at radius 1 is 1.22 bits per heavy atom. The van der Waals surface area contributed by atoms with Gasteiger partial charge in [0.2, 0.25) is 17.7 Å². The Morgan fingerprint density at radius 3 is 2.59 bits per heavy atom. The maximum atomic E-state index is 12.5. The van der Waals surface area contributed by atoms with Crippen LogP contribution in [0.3, 0.4) is 0 Å². The van der Waals surface area contributed by atoms with Crippen LogP contribution in [0.1, 0.15) is 49.6 Å². The van der Waals surface area contributed by atoms with Crippen molar-refractivity contribution in [3.63, 3.8) is 0 Å². The fourth-order valence-electron chi connectivity index (χ4n) is 4.42. The summed E-state index contributed by atoms with van der Waals surface area (Å²) in [5.41, 5.74) is 1.08. The summed E-state index contributed by atoms with van der Waals surface area (Å²) in [6, 6.07) is 0. The second kappa shape index (κ2) is 7.67. The highest BCUT2D eigenvalue weighted by Gasteiger charge is 2.47. The van der Waals surface area contributed by atoms with Gasteiger partial charge in [0, 0.05) is 37.4 Å². The molecular weight excluding hydrogens is 364 g/mol. The summed E-state index contributed by atoms with van der Waals surface area (Å²) in [7, 11) is 0. The molecule has 0 spiro atoms. The average molecular weight is 391 g/mol. The molecule has 0 radical (unpaired) electrons. The Bertz CT molecular complexity index is 738. The zero-order valence-electron chi connectivity index (χ0n) is 15.7. The van der Waals surface area contributed by atoms with Crippen LogP contribution in [0.15, 0.2) is 0 Å². The van der Waals surface area contributed by atoms with E-state index in [1.54, 1.807) is 0 Å². The molecule has 3 aliphatic rings. The van der Waals surface area contributed by atoms with Gasteiger partial charge in [-0.3, -0.25) is 24.2 Å². The standard InChI is InChI=1S/C19H26N4O3S/c1-2-22-9-7-14-15(11-22)27-19(20-14)21-16(24)8-10-23-17(25)12-5-3-4-6-13(12)18(23)26/h12-13H,2-11H2,1H3,(H,20,21,24). The number of likely N-dealkylation sites (N-methyl/N-ethyl adjacent to an activating group) is 1. The topological polar surface area (TPSA) is 82.6 Å². The van der Waals surface area contributed by atoms with Crippen LogP contribution >= 0.6 is 11.3 Å². The predicted octanol–water partition coefficient (Wildman–Crippen LogP) is 2.02. The number of nitrogens with zero attached hydrogens (tertiary/aromatic N) is 3. The van der Waals surface area contributed by atoms with E-state index in [1.165, 1.54) is 21.1 Å². The number of amides is 3. The van der Waals surface area contributed by atoms with Crippen LogP contribution < -0.4 is 5.32 Å². The van der Waals surface area contributed by atoms with E-state index in [4.69, 9.17) is 0 Å². The Balaban J connectivity index is 1.32. The van der Waals surface area contributed by atoms with Crippen molar-refractivity contribution in [2.75, 3.05) is 25.0 Å². The number of carbonyl (C=O) groups excluding carboxylic acids is 3. The van der Waals surface area contributed by atoms with E-state index in [-0.39, 0.29) is 42.5 Å². The molecule has 1 aromatic rings. The number of fused-ring (bicyclic) bond motifs is 2. The summed E-state index contributed by atoms with van der Waals surface area (Å²) in [5, 5.41) is 3.47. The van der Waals surface area contributed by atoms with E-state index >= 15 is 0 Å². The lowest BCUT2D eigenvalue weighted by Gasteiger charge is -2.23. The Labute approximate surface area is 163 Å². The van der Waals surface area contributed by atoms with Crippen molar-refractivity contribution in [3.05, 3.63) is 10.6 Å². The largest absolute Gasteiger partial charge is 0.302 e. The van der Waals surface area contributed by atoms with Gasteiger partial charge in [-0.25, -0.2) is 4.98 Å². The van der Waals surface area contributed by atoms with Crippen molar-refractivity contribution in [2.24, 2.45) is 11.8 Å². The minimum Gasteiger partial charge on any atom is -0.302 e. The number of nitrogens with one attached hydrogen (secondary N) is 1. The summed E-state index contributed by atoms with van der Waals surface area (Å²) < 4.78 is 0. The second-order valence-corrected chi connectivity index (χ2v) is 8.72. The van der Waals surface area contributed by atoms with E-state index in [0.29, 0.717) is 5.13 Å². The Kier molecular flexibility index (Phi) is 5.27. The van der Waals surface area contributed by atoms with Gasteiger partial charge in [0.15, 0.2) is 5.13 Å². The predicted molar refractivity (Wildman–Crippen MR) is 102 cm³/mol. The van der Waals surface area contributed by atoms with E-state index in [0.717, 1.165) is 57.4 Å². The van der Waals surface area contributed by atoms with E-state index in [1.807, 2.05) is 0 Å². The SMILES string of the molecule is CCN1CCc2nc(NC(=O)CCN3C(=O)C4CCCCC4C3=O)sc2C1. The lowest BCUT2D eigenvalue weighted by atomic mass is 9.81. The van der Waals surface area contributed by atoms with Crippen molar-refractivity contribution in [3.8, 4) is 0 Å². The number of imide groups is 1. The molecule has 146 valence electrons. The number of carbonyl (C=O) groups is 3. The zero-order chi connectivity index (χ0) is 19.0. The van der Waals surface area contributed by atoms with Crippen molar-refractivity contribution < 1.29 is 14.4 Å². The first-order valence-electron chi connectivity index (χ1n) is 9.92. The molecule has 2 fully saturated rings. The fraction of sp³-hybridized carbons (Fsp3) is 0.684. The van der Waals surface area contributed by atoms with Crippen LogP contribution in [-0.2, 0) is 27.3 Å². The normalized spacial score (nSPS) is 25.4. The maximum Gasteiger partial charge on any atom is 0.233 e. The van der Waals surface area contributed by atoms with Crippen molar-refractivity contribution in [2.45, 2.75) is 52.0 Å². The third-order valence-corrected chi connectivity index (χ3v) is 7.00. The molecule has 2 unspecified atom stereocenters. The van der Waals surface area contributed by atoms with Gasteiger partial charge < -0.3 is 5.32 Å². The molecule has 0 bridgehead atoms. The Hall–Kier alpha value is -1.80. The molecule has 1 saturated carbocycles. The van der Waals surface area contributed by atoms with E-state index in [2.05, 4.69) is 22.1 Å². The van der Waals surface area contributed by atoms with E-state index in [9.17, 15) is 14.4 Å². The summed E-state index contributed by atoms with van der Waals surface area (Å²) in [4.78, 5) is 46.7. The number of anilines is 1. The van der Waals surface area contributed by atoms with Gasteiger partial charge in [-0.2, -0.15) is 0 Å². The molecule has 1 aromatic heterocycles. The minimum absolute atomic E-state index is 0.0816. The van der Waals surface area contributed by atoms with E-state index < -0.39 is 0 Å². The van der Waals surface area contributed by atoms with Crippen molar-refractivity contribution >= 4 is 34.2 Å². The average Bonchev–Trinajstić information content (AvgIpc) is 3.18. The molecule has 7 nitrogen and oxygen atoms in total. The van der Waals surface area contributed by atoms with Gasteiger partial charge >= 0.3 is 0 Å². The van der Waals surface area contributed by atoms with Gasteiger partial charge in [0.05, 0.1) is 17.5 Å². The summed E-state index contributed by atoms with van der Waals surface area (Å²) in [6.07, 6.45) is 4.67. The highest BCUT2D eigenvalue weighted by atomic mass is 32.1. The smallest absolute Gasteiger partial charge is 0.233 e. The second-order valence-electron chi connectivity index (χ2n) is 7.63. The first-order chi connectivity index (χ1) is 13.1. The quantitative estimate of drug-likeness (QED) is 0.778. The maximum absolute atomic E-state index is 12.5. The summed E-state index contributed by atoms with van der Waals surface area (Å²) >= 11 is 1.53. The Morgan fingerprint density at radius 2 is 1.93 bits per heavy atom. The molecule has 1 N–H and O–H groups in total. The highest BCUT2D eigenvalue weighted by Crippen LogP contribution is 2.38. The molecule has 8 heteroatoms. The molecular formula is C19H26N4O3S. The molecule has 1 saturated heterocycles. The number of aromatic nitrogens is 1. The van der Waals surface area contributed by atoms with Crippen LogP contribution in [0.4, 0.5) is 5.13 Å². The molecule has 3 amide bonds. The fourth-order valence-corrected chi connectivity index (χ4v) is 5.48. The third-order valence-electron chi connectivity index (χ3n) is 6.00. The van der Waals surface area contributed by atoms with Crippen LogP contribution in [-0.4, -0.2) is 52.1 Å². The van der Waals surface area contributed by atoms with Crippen LogP contribution in [0.2, 0.25) is 0 Å². The van der Waals surface area contributed by atoms with Crippen molar-refractivity contribution in [1.82, 2.24) is 14.8 Å². The highest BCUT2D eigenvalue weighted by molar-refractivity contribution is 7.15. The van der Waals surface area contributed by atoms with Gasteiger partial charge in [-0.1, -0.05) is 19.8 Å². The van der Waals surface area contributed by atoms with Crippen LogP contribution in [0.5, 0.6) is 0 Å². The molecule has 4 rings (SSSR count). The van der Waals surface area contributed by atoms with Crippen LogP contribution in [0.25, 0.3) is 0 Å². The lowest BCUT2D eigenvalue weighted by Crippen LogP contribution is -2.34. The number of likely N-dealkylation sites (tertiary alicyclic amines) is 1. The van der Waals surface area contributed by atoms with Gasteiger partial charge in [-0.05, 0) is 19.4 Å². The number of hydrogen-bond acceptors (Lipinski definition) is 6. The minimum atomic E-state index is -0.191. The van der Waals surface area contributed by atoms with Crippen LogP contribution in [0, 0.1) is 11.8 Å². The monoisotopic (exact) mass is 390 g/mol. The first kappa shape index (κ1) is 18.6. The molecule has 2 atom stereocenters. The number of rotatable bonds is 5. The number of thiazole rings is 1. The third kappa shape index (κ3) is 3.65. The zero-order valence-corrected chi connectivity index (χ0v) is 16.5. The first-order valence-corrected chi connectivity index (χ1v) is 10.7. The summed E-state index contributed by atoms with van der Waals surface area (Å²) in [6.45, 7) is 5.22.